The SMILES string of the molecule is Cc1ccc(S(=O)(=O)N(CC(=O)NN)Cc2ccc(Br)cc2)cc1. The standard InChI is InChI=1S/C16H18BrN3O3S/c1-12-2-8-15(9-3-12)24(22,23)20(11-16(21)19-18)10-13-4-6-14(17)7-5-13/h2-9H,10-11,18H2,1H3,(H,19,21). The van der Waals surface area contributed by atoms with Crippen LogP contribution in [0.3, 0.4) is 0 Å². The van der Waals surface area contributed by atoms with Crippen molar-refractivity contribution in [2.24, 2.45) is 5.84 Å². The van der Waals surface area contributed by atoms with Gasteiger partial charge in [0, 0.05) is 11.0 Å². The summed E-state index contributed by atoms with van der Waals surface area (Å²) in [5.74, 6) is 4.53. The lowest BCUT2D eigenvalue weighted by atomic mass is 10.2. The third-order valence-corrected chi connectivity index (χ3v) is 5.75. The van der Waals surface area contributed by atoms with Gasteiger partial charge in [0.15, 0.2) is 0 Å². The Morgan fingerprint density at radius 1 is 1.12 bits per heavy atom. The molecule has 2 aromatic rings. The van der Waals surface area contributed by atoms with Crippen LogP contribution in [0.25, 0.3) is 0 Å². The Labute approximate surface area is 149 Å². The van der Waals surface area contributed by atoms with Crippen molar-refractivity contribution < 1.29 is 13.2 Å². The first kappa shape index (κ1) is 18.6. The highest BCUT2D eigenvalue weighted by Gasteiger charge is 2.26. The van der Waals surface area contributed by atoms with Crippen molar-refractivity contribution in [1.82, 2.24) is 9.73 Å². The van der Waals surface area contributed by atoms with E-state index in [0.29, 0.717) is 0 Å². The molecule has 0 aliphatic rings. The number of nitrogens with zero attached hydrogens (tertiary/aromatic N) is 1. The molecule has 3 N–H and O–H groups in total. The number of hydrazine groups is 1. The van der Waals surface area contributed by atoms with Crippen LogP contribution in [-0.4, -0.2) is 25.2 Å². The van der Waals surface area contributed by atoms with E-state index in [-0.39, 0.29) is 18.0 Å². The van der Waals surface area contributed by atoms with Crippen LogP contribution in [0.15, 0.2) is 57.9 Å². The third-order valence-electron chi connectivity index (χ3n) is 3.41. The summed E-state index contributed by atoms with van der Waals surface area (Å²) in [7, 11) is -3.83. The number of amides is 1. The van der Waals surface area contributed by atoms with Crippen LogP contribution in [-0.2, 0) is 21.4 Å². The molecule has 24 heavy (non-hydrogen) atoms. The predicted octanol–water partition coefficient (Wildman–Crippen LogP) is 1.94. The molecule has 0 unspecified atom stereocenters. The average Bonchev–Trinajstić information content (AvgIpc) is 2.56. The molecule has 0 saturated heterocycles. The monoisotopic (exact) mass is 411 g/mol. The van der Waals surface area contributed by atoms with Crippen molar-refractivity contribution in [3.05, 3.63) is 64.1 Å². The summed E-state index contributed by atoms with van der Waals surface area (Å²) in [6.45, 7) is 1.58. The van der Waals surface area contributed by atoms with Gasteiger partial charge in [-0.2, -0.15) is 4.31 Å². The summed E-state index contributed by atoms with van der Waals surface area (Å²) < 4.78 is 27.7. The first-order valence-corrected chi connectivity index (χ1v) is 9.37. The van der Waals surface area contributed by atoms with Crippen molar-refractivity contribution >= 4 is 31.9 Å². The van der Waals surface area contributed by atoms with Gasteiger partial charge in [-0.1, -0.05) is 45.8 Å². The molecule has 8 heteroatoms. The van der Waals surface area contributed by atoms with Crippen molar-refractivity contribution in [2.75, 3.05) is 6.54 Å². The van der Waals surface area contributed by atoms with E-state index in [9.17, 15) is 13.2 Å². The van der Waals surface area contributed by atoms with E-state index in [0.717, 1.165) is 19.9 Å². The number of carbonyl (C=O) groups excluding carboxylic acids is 1. The molecule has 0 saturated carbocycles. The fourth-order valence-electron chi connectivity index (χ4n) is 2.08. The number of benzene rings is 2. The maximum atomic E-state index is 12.9. The number of rotatable bonds is 6. The normalized spacial score (nSPS) is 11.5. The van der Waals surface area contributed by atoms with Gasteiger partial charge in [0.1, 0.15) is 0 Å². The number of hydrogen-bond acceptors (Lipinski definition) is 4. The largest absolute Gasteiger partial charge is 0.293 e. The van der Waals surface area contributed by atoms with Gasteiger partial charge in [0.2, 0.25) is 15.9 Å². The van der Waals surface area contributed by atoms with Crippen molar-refractivity contribution in [1.29, 1.82) is 0 Å². The van der Waals surface area contributed by atoms with Gasteiger partial charge in [-0.05, 0) is 36.8 Å². The fourth-order valence-corrected chi connectivity index (χ4v) is 3.73. The van der Waals surface area contributed by atoms with Crippen LogP contribution in [0.1, 0.15) is 11.1 Å². The maximum Gasteiger partial charge on any atom is 0.249 e. The van der Waals surface area contributed by atoms with Gasteiger partial charge < -0.3 is 0 Å². The maximum absolute atomic E-state index is 12.9. The summed E-state index contributed by atoms with van der Waals surface area (Å²) in [6.07, 6.45) is 0. The van der Waals surface area contributed by atoms with E-state index in [2.05, 4.69) is 15.9 Å². The van der Waals surface area contributed by atoms with Crippen LogP contribution >= 0.6 is 15.9 Å². The van der Waals surface area contributed by atoms with E-state index >= 15 is 0 Å². The Morgan fingerprint density at radius 3 is 2.25 bits per heavy atom. The Balaban J connectivity index is 2.35. The van der Waals surface area contributed by atoms with Crippen molar-refractivity contribution in [3.63, 3.8) is 0 Å². The number of sulfonamides is 1. The zero-order valence-electron chi connectivity index (χ0n) is 13.1. The average molecular weight is 412 g/mol. The highest BCUT2D eigenvalue weighted by Crippen LogP contribution is 2.20. The van der Waals surface area contributed by atoms with Crippen molar-refractivity contribution in [2.45, 2.75) is 18.4 Å². The van der Waals surface area contributed by atoms with Gasteiger partial charge in [0.25, 0.3) is 0 Å². The second kappa shape index (κ2) is 7.89. The molecule has 0 atom stereocenters. The third kappa shape index (κ3) is 4.64. The molecule has 0 bridgehead atoms. The lowest BCUT2D eigenvalue weighted by molar-refractivity contribution is -0.121. The van der Waals surface area contributed by atoms with Gasteiger partial charge in [-0.15, -0.1) is 0 Å². The topological polar surface area (TPSA) is 92.5 Å². The van der Waals surface area contributed by atoms with E-state index in [1.54, 1.807) is 24.3 Å². The van der Waals surface area contributed by atoms with Crippen LogP contribution in [0.2, 0.25) is 0 Å². The molecule has 0 radical (unpaired) electrons. The summed E-state index contributed by atoms with van der Waals surface area (Å²) in [5.41, 5.74) is 3.69. The van der Waals surface area contributed by atoms with Crippen LogP contribution in [0.5, 0.6) is 0 Å². The molecule has 0 fully saturated rings. The molecule has 128 valence electrons. The summed E-state index contributed by atoms with van der Waals surface area (Å²) in [4.78, 5) is 11.8. The van der Waals surface area contributed by atoms with E-state index in [4.69, 9.17) is 5.84 Å². The Hall–Kier alpha value is -1.74. The molecule has 1 amide bonds. The minimum Gasteiger partial charge on any atom is -0.293 e. The highest BCUT2D eigenvalue weighted by molar-refractivity contribution is 9.10. The molecule has 0 aromatic heterocycles. The quantitative estimate of drug-likeness (QED) is 0.431. The van der Waals surface area contributed by atoms with Crippen molar-refractivity contribution in [3.8, 4) is 0 Å². The molecule has 6 nitrogen and oxygen atoms in total. The molecular formula is C16H18BrN3O3S. The smallest absolute Gasteiger partial charge is 0.249 e. The molecule has 0 heterocycles. The lowest BCUT2D eigenvalue weighted by Gasteiger charge is -2.21. The summed E-state index contributed by atoms with van der Waals surface area (Å²) >= 11 is 3.33. The number of nitrogens with two attached hydrogens (primary N) is 1. The first-order valence-electron chi connectivity index (χ1n) is 7.13. The zero-order chi connectivity index (χ0) is 17.7. The van der Waals surface area contributed by atoms with E-state index < -0.39 is 15.9 Å². The highest BCUT2D eigenvalue weighted by atomic mass is 79.9. The second-order valence-corrected chi connectivity index (χ2v) is 8.13. The molecule has 2 rings (SSSR count). The van der Waals surface area contributed by atoms with E-state index in [1.165, 1.54) is 12.1 Å². The number of halogens is 1. The Morgan fingerprint density at radius 2 is 1.71 bits per heavy atom. The van der Waals surface area contributed by atoms with Crippen LogP contribution < -0.4 is 11.3 Å². The molecule has 0 spiro atoms. The van der Waals surface area contributed by atoms with Gasteiger partial charge in [0.05, 0.1) is 11.4 Å². The van der Waals surface area contributed by atoms with Crippen LogP contribution in [0.4, 0.5) is 0 Å². The second-order valence-electron chi connectivity index (χ2n) is 5.28. The Bertz CT molecular complexity index is 805. The van der Waals surface area contributed by atoms with Gasteiger partial charge in [-0.25, -0.2) is 14.3 Å². The number of nitrogens with one attached hydrogen (secondary N) is 1. The lowest BCUT2D eigenvalue weighted by Crippen LogP contribution is -2.42. The fraction of sp³-hybridized carbons (Fsp3) is 0.188. The molecule has 0 aliphatic carbocycles. The minimum absolute atomic E-state index is 0.0664. The number of hydrogen-bond donors (Lipinski definition) is 2. The van der Waals surface area contributed by atoms with Gasteiger partial charge >= 0.3 is 0 Å². The predicted molar refractivity (Wildman–Crippen MR) is 95.2 cm³/mol. The minimum atomic E-state index is -3.83. The summed E-state index contributed by atoms with van der Waals surface area (Å²) in [5, 5.41) is 0. The molecule has 0 aliphatic heterocycles. The first-order chi connectivity index (χ1) is 11.3. The summed E-state index contributed by atoms with van der Waals surface area (Å²) in [6, 6.07) is 13.7. The number of aryl methyl sites for hydroxylation is 1. The molecular weight excluding hydrogens is 394 g/mol. The molecule has 2 aromatic carbocycles. The van der Waals surface area contributed by atoms with Gasteiger partial charge in [-0.3, -0.25) is 10.2 Å². The zero-order valence-corrected chi connectivity index (χ0v) is 15.5. The van der Waals surface area contributed by atoms with E-state index in [1.807, 2.05) is 24.5 Å². The Kier molecular flexibility index (Phi) is 6.11. The number of carbonyl (C=O) groups is 1. The van der Waals surface area contributed by atoms with Crippen LogP contribution in [0, 0.1) is 6.92 Å².